The largest absolute Gasteiger partial charge is 0.348 e. The number of aromatic nitrogens is 1. The van der Waals surface area contributed by atoms with Crippen molar-refractivity contribution in [2.75, 3.05) is 11.9 Å². The second-order valence-corrected chi connectivity index (χ2v) is 7.92. The number of anilines is 1. The van der Waals surface area contributed by atoms with Crippen LogP contribution < -0.4 is 9.62 Å². The lowest BCUT2D eigenvalue weighted by Gasteiger charge is -2.23. The molecule has 0 amide bonds. The molecule has 0 unspecified atom stereocenters. The third-order valence-electron chi connectivity index (χ3n) is 3.49. The zero-order chi connectivity index (χ0) is 14.9. The highest BCUT2D eigenvalue weighted by molar-refractivity contribution is 7.89. The first kappa shape index (κ1) is 14.5. The van der Waals surface area contributed by atoms with Crippen molar-refractivity contribution in [2.24, 2.45) is 0 Å². The maximum Gasteiger partial charge on any atom is 0.241 e. The Hall–Kier alpha value is -1.44. The third kappa shape index (κ3) is 3.25. The lowest BCUT2D eigenvalue weighted by Crippen LogP contribution is -2.26. The quantitative estimate of drug-likeness (QED) is 0.885. The monoisotopic (exact) mass is 323 g/mol. The molecular formula is C14H17N3O2S2. The summed E-state index contributed by atoms with van der Waals surface area (Å²) in [6.07, 6.45) is 3.76. The fourth-order valence-corrected chi connectivity index (χ4v) is 3.55. The Labute approximate surface area is 128 Å². The molecular weight excluding hydrogens is 306 g/mol. The number of hydrogen-bond donors (Lipinski definition) is 1. The van der Waals surface area contributed by atoms with Crippen LogP contribution in [-0.4, -0.2) is 26.5 Å². The van der Waals surface area contributed by atoms with Gasteiger partial charge in [0, 0.05) is 17.1 Å². The first-order chi connectivity index (χ1) is 10.1. The Bertz CT molecular complexity index is 692. The van der Waals surface area contributed by atoms with E-state index in [0.29, 0.717) is 6.04 Å². The summed E-state index contributed by atoms with van der Waals surface area (Å²) in [5.41, 5.74) is 0. The first-order valence-electron chi connectivity index (χ1n) is 6.79. The van der Waals surface area contributed by atoms with Crippen LogP contribution in [0.4, 0.5) is 5.82 Å². The summed E-state index contributed by atoms with van der Waals surface area (Å²) < 4.78 is 25.7. The van der Waals surface area contributed by atoms with Crippen LogP contribution in [0.3, 0.4) is 0 Å². The molecule has 3 rings (SSSR count). The fraction of sp³-hybridized carbons (Fsp3) is 0.357. The number of nitrogens with one attached hydrogen (secondary N) is 1. The first-order valence-corrected chi connectivity index (χ1v) is 9.15. The van der Waals surface area contributed by atoms with Crippen molar-refractivity contribution in [2.45, 2.75) is 30.3 Å². The van der Waals surface area contributed by atoms with Crippen molar-refractivity contribution in [3.05, 3.63) is 40.7 Å². The predicted octanol–water partition coefficient (Wildman–Crippen LogP) is 2.22. The van der Waals surface area contributed by atoms with Crippen LogP contribution in [0.2, 0.25) is 0 Å². The molecule has 0 saturated heterocycles. The lowest BCUT2D eigenvalue weighted by atomic mass is 10.3. The van der Waals surface area contributed by atoms with Crippen LogP contribution in [0.15, 0.2) is 40.7 Å². The Kier molecular flexibility index (Phi) is 3.97. The van der Waals surface area contributed by atoms with Gasteiger partial charge >= 0.3 is 0 Å². The van der Waals surface area contributed by atoms with Gasteiger partial charge in [0.15, 0.2) is 0 Å². The highest BCUT2D eigenvalue weighted by Crippen LogP contribution is 2.32. The van der Waals surface area contributed by atoms with Gasteiger partial charge in [-0.1, -0.05) is 6.07 Å². The average Bonchev–Trinajstić information content (AvgIpc) is 3.21. The molecule has 1 fully saturated rings. The molecule has 0 aromatic carbocycles. The number of sulfonamides is 1. The van der Waals surface area contributed by atoms with Crippen LogP contribution in [0, 0.1) is 0 Å². The standard InChI is InChI=1S/C14H17N3O2S2/c1-15-21(18,19)13-6-7-14(16-9-13)17(11-4-5-11)10-12-3-2-8-20-12/h2-3,6-9,11,15H,4-5,10H2,1H3. The Morgan fingerprint density at radius 3 is 2.71 bits per heavy atom. The highest BCUT2D eigenvalue weighted by Gasteiger charge is 2.30. The molecule has 1 aliphatic carbocycles. The van der Waals surface area contributed by atoms with Crippen molar-refractivity contribution in [1.29, 1.82) is 0 Å². The molecule has 1 N–H and O–H groups in total. The van der Waals surface area contributed by atoms with E-state index in [9.17, 15) is 8.42 Å². The Morgan fingerprint density at radius 1 is 1.38 bits per heavy atom. The Morgan fingerprint density at radius 2 is 2.19 bits per heavy atom. The van der Waals surface area contributed by atoms with Crippen molar-refractivity contribution in [1.82, 2.24) is 9.71 Å². The summed E-state index contributed by atoms with van der Waals surface area (Å²) in [5, 5.41) is 2.07. The molecule has 1 saturated carbocycles. The van der Waals surface area contributed by atoms with Gasteiger partial charge in [-0.15, -0.1) is 11.3 Å². The van der Waals surface area contributed by atoms with Gasteiger partial charge in [-0.2, -0.15) is 0 Å². The molecule has 0 bridgehead atoms. The van der Waals surface area contributed by atoms with Crippen molar-refractivity contribution < 1.29 is 8.42 Å². The van der Waals surface area contributed by atoms with Crippen LogP contribution >= 0.6 is 11.3 Å². The van der Waals surface area contributed by atoms with E-state index in [1.165, 1.54) is 31.0 Å². The highest BCUT2D eigenvalue weighted by atomic mass is 32.2. The minimum absolute atomic E-state index is 0.195. The van der Waals surface area contributed by atoms with E-state index in [0.717, 1.165) is 12.4 Å². The van der Waals surface area contributed by atoms with Crippen LogP contribution in [0.5, 0.6) is 0 Å². The third-order valence-corrected chi connectivity index (χ3v) is 5.75. The molecule has 0 aliphatic heterocycles. The normalized spacial score (nSPS) is 15.1. The topological polar surface area (TPSA) is 62.3 Å². The number of pyridine rings is 1. The Balaban J connectivity index is 1.83. The molecule has 0 spiro atoms. The van der Waals surface area contributed by atoms with Crippen LogP contribution in [-0.2, 0) is 16.6 Å². The summed E-state index contributed by atoms with van der Waals surface area (Å²) in [7, 11) is -2.02. The molecule has 7 heteroatoms. The van der Waals surface area contributed by atoms with Gasteiger partial charge in [0.2, 0.25) is 10.0 Å². The summed E-state index contributed by atoms with van der Waals surface area (Å²) in [4.78, 5) is 8.08. The maximum absolute atomic E-state index is 11.7. The van der Waals surface area contributed by atoms with Crippen molar-refractivity contribution >= 4 is 27.2 Å². The van der Waals surface area contributed by atoms with E-state index in [-0.39, 0.29) is 4.90 Å². The molecule has 2 aromatic rings. The number of hydrogen-bond acceptors (Lipinski definition) is 5. The minimum atomic E-state index is -3.42. The summed E-state index contributed by atoms with van der Waals surface area (Å²) in [6.45, 7) is 0.827. The second-order valence-electron chi connectivity index (χ2n) is 5.00. The summed E-state index contributed by atoms with van der Waals surface area (Å²) >= 11 is 1.73. The molecule has 0 radical (unpaired) electrons. The smallest absolute Gasteiger partial charge is 0.241 e. The van der Waals surface area contributed by atoms with Gasteiger partial charge in [0.25, 0.3) is 0 Å². The van der Waals surface area contributed by atoms with E-state index in [1.54, 1.807) is 23.5 Å². The predicted molar refractivity (Wildman–Crippen MR) is 84.0 cm³/mol. The van der Waals surface area contributed by atoms with Crippen molar-refractivity contribution in [3.8, 4) is 0 Å². The molecule has 112 valence electrons. The van der Waals surface area contributed by atoms with E-state index >= 15 is 0 Å². The van der Waals surface area contributed by atoms with E-state index < -0.39 is 10.0 Å². The molecule has 0 atom stereocenters. The van der Waals surface area contributed by atoms with Gasteiger partial charge < -0.3 is 4.90 Å². The average molecular weight is 323 g/mol. The van der Waals surface area contributed by atoms with Crippen LogP contribution in [0.1, 0.15) is 17.7 Å². The van der Waals surface area contributed by atoms with Crippen LogP contribution in [0.25, 0.3) is 0 Å². The molecule has 5 nitrogen and oxygen atoms in total. The van der Waals surface area contributed by atoms with E-state index in [1.807, 2.05) is 6.07 Å². The molecule has 2 heterocycles. The summed E-state index contributed by atoms with van der Waals surface area (Å²) in [6, 6.07) is 8.07. The number of rotatable bonds is 6. The maximum atomic E-state index is 11.7. The van der Waals surface area contributed by atoms with Gasteiger partial charge in [-0.05, 0) is 43.5 Å². The zero-order valence-electron chi connectivity index (χ0n) is 11.7. The molecule has 2 aromatic heterocycles. The summed E-state index contributed by atoms with van der Waals surface area (Å²) in [5.74, 6) is 0.834. The number of thiophene rings is 1. The fourth-order valence-electron chi connectivity index (χ4n) is 2.17. The molecule has 1 aliphatic rings. The van der Waals surface area contributed by atoms with E-state index in [2.05, 4.69) is 26.1 Å². The zero-order valence-corrected chi connectivity index (χ0v) is 13.3. The van der Waals surface area contributed by atoms with Gasteiger partial charge in [-0.25, -0.2) is 18.1 Å². The van der Waals surface area contributed by atoms with Gasteiger partial charge in [-0.3, -0.25) is 0 Å². The second kappa shape index (κ2) is 5.75. The number of nitrogens with zero attached hydrogens (tertiary/aromatic N) is 2. The minimum Gasteiger partial charge on any atom is -0.348 e. The lowest BCUT2D eigenvalue weighted by molar-refractivity contribution is 0.588. The van der Waals surface area contributed by atoms with Gasteiger partial charge in [0.1, 0.15) is 10.7 Å². The molecule has 21 heavy (non-hydrogen) atoms. The van der Waals surface area contributed by atoms with Crippen molar-refractivity contribution in [3.63, 3.8) is 0 Å². The van der Waals surface area contributed by atoms with E-state index in [4.69, 9.17) is 0 Å². The van der Waals surface area contributed by atoms with Gasteiger partial charge in [0.05, 0.1) is 6.54 Å². The SMILES string of the molecule is CNS(=O)(=O)c1ccc(N(Cc2cccs2)C2CC2)nc1.